The number of ether oxygens (including phenoxy) is 1. The van der Waals surface area contributed by atoms with Crippen LogP contribution in [0.5, 0.6) is 5.88 Å². The van der Waals surface area contributed by atoms with Crippen LogP contribution in [0.1, 0.15) is 69.6 Å². The standard InChI is InChI=1S/C24H31N5O2/c1-6-8-20(7-2)31-23-22(14-25)28-16-19(29-23)10-9-18-13-21(26-5)17(15-27-18)11-12-24(3,4)30/h13,15-16,20,30H,6-10H2,1-5H3,(H,26,27)/t20-/m0/s1. The SMILES string of the molecule is CCC[C@H](CC)Oc1nc(CCc2cc(NC)c(C#CC(C)(C)O)cn2)cnc1C#N. The lowest BCUT2D eigenvalue weighted by Gasteiger charge is -2.16. The van der Waals surface area contributed by atoms with E-state index in [-0.39, 0.29) is 11.8 Å². The molecular formula is C24H31N5O2. The van der Waals surface area contributed by atoms with Crippen molar-refractivity contribution in [3.05, 3.63) is 41.1 Å². The van der Waals surface area contributed by atoms with Crippen molar-refractivity contribution >= 4 is 5.69 Å². The molecule has 0 aliphatic carbocycles. The molecule has 164 valence electrons. The van der Waals surface area contributed by atoms with Gasteiger partial charge in [-0.1, -0.05) is 32.1 Å². The molecule has 0 radical (unpaired) electrons. The van der Waals surface area contributed by atoms with Crippen LogP contribution in [0, 0.1) is 23.2 Å². The molecule has 2 rings (SSSR count). The minimum atomic E-state index is -1.06. The van der Waals surface area contributed by atoms with Crippen LogP contribution >= 0.6 is 0 Å². The summed E-state index contributed by atoms with van der Waals surface area (Å²) in [6.07, 6.45) is 7.38. The number of nitrogens with one attached hydrogen (secondary N) is 1. The van der Waals surface area contributed by atoms with Crippen LogP contribution in [0.25, 0.3) is 0 Å². The fourth-order valence-electron chi connectivity index (χ4n) is 2.93. The Kier molecular flexibility index (Phi) is 8.78. The predicted molar refractivity (Wildman–Crippen MR) is 121 cm³/mol. The summed E-state index contributed by atoms with van der Waals surface area (Å²) in [7, 11) is 1.82. The van der Waals surface area contributed by atoms with Crippen LogP contribution in [-0.2, 0) is 12.8 Å². The molecule has 0 unspecified atom stereocenters. The molecule has 2 aromatic heterocycles. The van der Waals surface area contributed by atoms with Crippen LogP contribution in [0.4, 0.5) is 5.69 Å². The number of nitrogens with zero attached hydrogens (tertiary/aromatic N) is 4. The van der Waals surface area contributed by atoms with E-state index in [0.29, 0.717) is 18.7 Å². The average molecular weight is 422 g/mol. The molecule has 31 heavy (non-hydrogen) atoms. The van der Waals surface area contributed by atoms with Gasteiger partial charge in [-0.2, -0.15) is 5.26 Å². The van der Waals surface area contributed by atoms with Gasteiger partial charge in [0.2, 0.25) is 5.69 Å². The van der Waals surface area contributed by atoms with E-state index < -0.39 is 5.60 Å². The Bertz CT molecular complexity index is 980. The van der Waals surface area contributed by atoms with Gasteiger partial charge in [-0.3, -0.25) is 4.98 Å². The number of hydrogen-bond donors (Lipinski definition) is 2. The third kappa shape index (κ3) is 7.55. The van der Waals surface area contributed by atoms with Crippen LogP contribution in [-0.4, -0.2) is 38.8 Å². The monoisotopic (exact) mass is 421 g/mol. The maximum atomic E-state index is 9.81. The van der Waals surface area contributed by atoms with Gasteiger partial charge in [-0.05, 0) is 45.6 Å². The Morgan fingerprint density at radius 1 is 1.19 bits per heavy atom. The Morgan fingerprint density at radius 3 is 2.55 bits per heavy atom. The highest BCUT2D eigenvalue weighted by Gasteiger charge is 2.15. The van der Waals surface area contributed by atoms with E-state index in [0.717, 1.165) is 41.9 Å². The van der Waals surface area contributed by atoms with Crippen molar-refractivity contribution < 1.29 is 9.84 Å². The normalized spacial score (nSPS) is 11.8. The summed E-state index contributed by atoms with van der Waals surface area (Å²) >= 11 is 0. The first kappa shape index (κ1) is 24.1. The summed E-state index contributed by atoms with van der Waals surface area (Å²) in [4.78, 5) is 13.3. The molecule has 0 amide bonds. The summed E-state index contributed by atoms with van der Waals surface area (Å²) in [6.45, 7) is 7.45. The Morgan fingerprint density at radius 2 is 1.94 bits per heavy atom. The first-order valence-corrected chi connectivity index (χ1v) is 10.6. The summed E-state index contributed by atoms with van der Waals surface area (Å²) in [5.74, 6) is 6.08. The fraction of sp³-hybridized carbons (Fsp3) is 0.500. The molecule has 0 spiro atoms. The van der Waals surface area contributed by atoms with E-state index in [9.17, 15) is 10.4 Å². The lowest BCUT2D eigenvalue weighted by atomic mass is 10.1. The topological polar surface area (TPSA) is 104 Å². The van der Waals surface area contributed by atoms with Gasteiger partial charge in [0.1, 0.15) is 17.8 Å². The molecule has 0 fully saturated rings. The quantitative estimate of drug-likeness (QED) is 0.596. The maximum absolute atomic E-state index is 9.81. The molecule has 2 heterocycles. The van der Waals surface area contributed by atoms with Crippen molar-refractivity contribution in [2.75, 3.05) is 12.4 Å². The average Bonchev–Trinajstić information content (AvgIpc) is 2.75. The highest BCUT2D eigenvalue weighted by Crippen LogP contribution is 2.19. The van der Waals surface area contributed by atoms with Gasteiger partial charge in [0.15, 0.2) is 0 Å². The minimum Gasteiger partial charge on any atom is -0.472 e. The largest absolute Gasteiger partial charge is 0.472 e. The van der Waals surface area contributed by atoms with Gasteiger partial charge in [-0.25, -0.2) is 9.97 Å². The molecule has 2 N–H and O–H groups in total. The van der Waals surface area contributed by atoms with Crippen LogP contribution in [0.3, 0.4) is 0 Å². The molecule has 7 heteroatoms. The third-order valence-corrected chi connectivity index (χ3v) is 4.61. The van der Waals surface area contributed by atoms with Gasteiger partial charge < -0.3 is 15.2 Å². The van der Waals surface area contributed by atoms with Gasteiger partial charge in [0, 0.05) is 18.9 Å². The smallest absolute Gasteiger partial charge is 0.251 e. The molecule has 0 aliphatic heterocycles. The third-order valence-electron chi connectivity index (χ3n) is 4.61. The van der Waals surface area contributed by atoms with Crippen LogP contribution in [0.2, 0.25) is 0 Å². The van der Waals surface area contributed by atoms with Crippen LogP contribution in [0.15, 0.2) is 18.5 Å². The number of aromatic nitrogens is 3. The second-order valence-corrected chi connectivity index (χ2v) is 7.84. The highest BCUT2D eigenvalue weighted by atomic mass is 16.5. The first-order valence-electron chi connectivity index (χ1n) is 10.6. The Hall–Kier alpha value is -3.16. The van der Waals surface area contributed by atoms with Gasteiger partial charge in [-0.15, -0.1) is 0 Å². The van der Waals surface area contributed by atoms with E-state index in [1.807, 2.05) is 13.1 Å². The second kappa shape index (κ2) is 11.3. The molecule has 0 aromatic carbocycles. The Labute approximate surface area is 184 Å². The zero-order valence-electron chi connectivity index (χ0n) is 19.0. The van der Waals surface area contributed by atoms with E-state index in [4.69, 9.17) is 4.74 Å². The molecule has 7 nitrogen and oxygen atoms in total. The lowest BCUT2D eigenvalue weighted by Crippen LogP contribution is -2.17. The number of aliphatic hydroxyl groups is 1. The lowest BCUT2D eigenvalue weighted by molar-refractivity contribution is 0.143. The summed E-state index contributed by atoms with van der Waals surface area (Å²) in [5, 5.41) is 22.3. The number of rotatable bonds is 9. The van der Waals surface area contributed by atoms with Crippen molar-refractivity contribution in [2.45, 2.75) is 71.5 Å². The van der Waals surface area contributed by atoms with E-state index in [1.165, 1.54) is 0 Å². The number of aryl methyl sites for hydroxylation is 2. The number of pyridine rings is 1. The number of anilines is 1. The first-order chi connectivity index (χ1) is 14.8. The number of nitriles is 1. The van der Waals surface area contributed by atoms with Crippen molar-refractivity contribution in [2.24, 2.45) is 0 Å². The van der Waals surface area contributed by atoms with Crippen molar-refractivity contribution in [1.82, 2.24) is 15.0 Å². The summed E-state index contributed by atoms with van der Waals surface area (Å²) < 4.78 is 5.97. The Balaban J connectivity index is 2.16. The van der Waals surface area contributed by atoms with Gasteiger partial charge in [0.25, 0.3) is 5.88 Å². The van der Waals surface area contributed by atoms with Crippen molar-refractivity contribution in [3.63, 3.8) is 0 Å². The number of hydrogen-bond acceptors (Lipinski definition) is 7. The second-order valence-electron chi connectivity index (χ2n) is 7.84. The van der Waals surface area contributed by atoms with Gasteiger partial charge >= 0.3 is 0 Å². The minimum absolute atomic E-state index is 0.0269. The molecule has 0 bridgehead atoms. The molecular weight excluding hydrogens is 390 g/mol. The molecule has 0 saturated carbocycles. The van der Waals surface area contributed by atoms with E-state index in [2.05, 4.69) is 52.0 Å². The molecule has 2 aromatic rings. The molecule has 0 aliphatic rings. The van der Waals surface area contributed by atoms with E-state index in [1.54, 1.807) is 26.2 Å². The van der Waals surface area contributed by atoms with Crippen LogP contribution < -0.4 is 10.1 Å². The summed E-state index contributed by atoms with van der Waals surface area (Å²) in [6, 6.07) is 4.00. The van der Waals surface area contributed by atoms with Crippen molar-refractivity contribution in [1.29, 1.82) is 5.26 Å². The highest BCUT2D eigenvalue weighted by molar-refractivity contribution is 5.58. The predicted octanol–water partition coefficient (Wildman–Crippen LogP) is 3.65. The molecule has 1 atom stereocenters. The maximum Gasteiger partial charge on any atom is 0.251 e. The summed E-state index contributed by atoms with van der Waals surface area (Å²) in [5.41, 5.74) is 2.35. The van der Waals surface area contributed by atoms with E-state index >= 15 is 0 Å². The molecule has 0 saturated heterocycles. The van der Waals surface area contributed by atoms with Gasteiger partial charge in [0.05, 0.1) is 23.1 Å². The van der Waals surface area contributed by atoms with Crippen molar-refractivity contribution in [3.8, 4) is 23.8 Å². The zero-order valence-corrected chi connectivity index (χ0v) is 19.0. The fourth-order valence-corrected chi connectivity index (χ4v) is 2.93. The zero-order chi connectivity index (χ0) is 22.9.